The molecule has 0 amide bonds. The highest BCUT2D eigenvalue weighted by Crippen LogP contribution is 2.26. The second-order valence-corrected chi connectivity index (χ2v) is 4.59. The van der Waals surface area contributed by atoms with Crippen LogP contribution in [0.15, 0.2) is 18.3 Å². The normalized spacial score (nSPS) is 17.3. The van der Waals surface area contributed by atoms with Gasteiger partial charge < -0.3 is 5.32 Å². The summed E-state index contributed by atoms with van der Waals surface area (Å²) >= 11 is 0. The van der Waals surface area contributed by atoms with Gasteiger partial charge in [-0.05, 0) is 24.5 Å². The van der Waals surface area contributed by atoms with Crippen LogP contribution in [-0.4, -0.2) is 11.5 Å². The van der Waals surface area contributed by atoms with Crippen molar-refractivity contribution in [2.75, 3.05) is 11.9 Å². The Labute approximate surface area is 96.3 Å². The lowest BCUT2D eigenvalue weighted by Crippen LogP contribution is -2.12. The molecule has 1 aliphatic carbocycles. The third-order valence-corrected chi connectivity index (χ3v) is 3.33. The molecule has 1 heterocycles. The summed E-state index contributed by atoms with van der Waals surface area (Å²) in [5, 5.41) is 3.29. The van der Waals surface area contributed by atoms with Gasteiger partial charge in [-0.1, -0.05) is 32.1 Å². The van der Waals surface area contributed by atoms with Gasteiger partial charge in [-0.25, -0.2) is 4.98 Å². The van der Waals surface area contributed by atoms with Crippen LogP contribution >= 0.6 is 0 Å². The van der Waals surface area contributed by atoms with Crippen molar-refractivity contribution >= 4 is 5.69 Å². The van der Waals surface area contributed by atoms with Gasteiger partial charge in [-0.2, -0.15) is 4.39 Å². The third-order valence-electron chi connectivity index (χ3n) is 3.33. The fraction of sp³-hybridized carbons (Fsp3) is 0.615. The minimum absolute atomic E-state index is 0.419. The molecule has 1 aromatic rings. The molecule has 0 atom stereocenters. The number of hydrogen-bond donors (Lipinski definition) is 1. The lowest BCUT2D eigenvalue weighted by molar-refractivity contribution is 0.345. The summed E-state index contributed by atoms with van der Waals surface area (Å²) in [5.74, 6) is 0.465. The molecule has 1 saturated carbocycles. The molecule has 0 bridgehead atoms. The number of rotatable bonds is 4. The largest absolute Gasteiger partial charge is 0.384 e. The zero-order valence-electron chi connectivity index (χ0n) is 9.58. The summed E-state index contributed by atoms with van der Waals surface area (Å²) in [6, 6.07) is 3.13. The molecule has 1 aromatic heterocycles. The van der Waals surface area contributed by atoms with Crippen molar-refractivity contribution < 1.29 is 4.39 Å². The van der Waals surface area contributed by atoms with Crippen molar-refractivity contribution in [1.82, 2.24) is 4.98 Å². The van der Waals surface area contributed by atoms with Crippen LogP contribution in [0.3, 0.4) is 0 Å². The van der Waals surface area contributed by atoms with Crippen LogP contribution in [0.4, 0.5) is 10.1 Å². The Morgan fingerprint density at radius 3 is 2.75 bits per heavy atom. The first-order valence-corrected chi connectivity index (χ1v) is 6.20. The van der Waals surface area contributed by atoms with Crippen molar-refractivity contribution in [3.63, 3.8) is 0 Å². The van der Waals surface area contributed by atoms with Gasteiger partial charge in [-0.15, -0.1) is 0 Å². The molecule has 0 spiro atoms. The lowest BCUT2D eigenvalue weighted by Gasteiger charge is -2.21. The summed E-state index contributed by atoms with van der Waals surface area (Å²) in [7, 11) is 0. The van der Waals surface area contributed by atoms with Gasteiger partial charge in [0.05, 0.1) is 11.9 Å². The van der Waals surface area contributed by atoms with Gasteiger partial charge in [0.25, 0.3) is 0 Å². The van der Waals surface area contributed by atoms with E-state index in [0.717, 1.165) is 18.2 Å². The summed E-state index contributed by atoms with van der Waals surface area (Å²) in [6.45, 7) is 0.970. The molecule has 88 valence electrons. The highest BCUT2D eigenvalue weighted by atomic mass is 19.1. The van der Waals surface area contributed by atoms with Crippen molar-refractivity contribution in [3.05, 3.63) is 24.3 Å². The predicted octanol–water partition coefficient (Wildman–Crippen LogP) is 3.60. The maximum Gasteiger partial charge on any atom is 0.212 e. The first-order valence-electron chi connectivity index (χ1n) is 6.20. The second kappa shape index (κ2) is 5.83. The van der Waals surface area contributed by atoms with Gasteiger partial charge in [0.2, 0.25) is 5.95 Å². The van der Waals surface area contributed by atoms with E-state index in [9.17, 15) is 4.39 Å². The molecule has 0 aromatic carbocycles. The van der Waals surface area contributed by atoms with Gasteiger partial charge >= 0.3 is 0 Å². The van der Waals surface area contributed by atoms with Crippen molar-refractivity contribution in [2.45, 2.75) is 38.5 Å². The molecule has 1 N–H and O–H groups in total. The Morgan fingerprint density at radius 1 is 1.25 bits per heavy atom. The summed E-state index contributed by atoms with van der Waals surface area (Å²) < 4.78 is 12.6. The van der Waals surface area contributed by atoms with E-state index in [2.05, 4.69) is 10.3 Å². The van der Waals surface area contributed by atoms with Crippen molar-refractivity contribution in [1.29, 1.82) is 0 Å². The number of halogens is 1. The van der Waals surface area contributed by atoms with E-state index in [1.54, 1.807) is 12.3 Å². The van der Waals surface area contributed by atoms with E-state index in [-0.39, 0.29) is 0 Å². The third kappa shape index (κ3) is 3.47. The number of pyridine rings is 1. The molecule has 16 heavy (non-hydrogen) atoms. The van der Waals surface area contributed by atoms with Crippen LogP contribution in [-0.2, 0) is 0 Å². The average Bonchev–Trinajstić information content (AvgIpc) is 2.33. The van der Waals surface area contributed by atoms with E-state index in [0.29, 0.717) is 0 Å². The van der Waals surface area contributed by atoms with Crippen LogP contribution in [0.2, 0.25) is 0 Å². The van der Waals surface area contributed by atoms with Crippen LogP contribution in [0.1, 0.15) is 38.5 Å². The molecular weight excluding hydrogens is 203 g/mol. The monoisotopic (exact) mass is 222 g/mol. The van der Waals surface area contributed by atoms with Crippen LogP contribution in [0.25, 0.3) is 0 Å². The molecule has 0 radical (unpaired) electrons. The first-order chi connectivity index (χ1) is 7.84. The van der Waals surface area contributed by atoms with Crippen molar-refractivity contribution in [2.24, 2.45) is 5.92 Å². The molecule has 1 aliphatic rings. The minimum atomic E-state index is -0.419. The van der Waals surface area contributed by atoms with E-state index in [1.165, 1.54) is 44.6 Å². The molecule has 0 unspecified atom stereocenters. The molecule has 1 fully saturated rings. The Hall–Kier alpha value is -1.12. The SMILES string of the molecule is Fc1ccc(NCCC2CCCCC2)cn1. The van der Waals surface area contributed by atoms with Crippen LogP contribution in [0, 0.1) is 11.9 Å². The highest BCUT2D eigenvalue weighted by molar-refractivity contribution is 5.39. The molecule has 3 heteroatoms. The minimum Gasteiger partial charge on any atom is -0.384 e. The standard InChI is InChI=1S/C13H19FN2/c14-13-7-6-12(10-16-13)15-9-8-11-4-2-1-3-5-11/h6-7,10-11,15H,1-5,8-9H2. The van der Waals surface area contributed by atoms with Crippen LogP contribution < -0.4 is 5.32 Å². The number of aromatic nitrogens is 1. The average molecular weight is 222 g/mol. The second-order valence-electron chi connectivity index (χ2n) is 4.59. The Kier molecular flexibility index (Phi) is 4.14. The van der Waals surface area contributed by atoms with E-state index >= 15 is 0 Å². The van der Waals surface area contributed by atoms with Gasteiger partial charge in [0.15, 0.2) is 0 Å². The Bertz CT molecular complexity index is 304. The Morgan fingerprint density at radius 2 is 2.06 bits per heavy atom. The smallest absolute Gasteiger partial charge is 0.212 e. The molecule has 2 nitrogen and oxygen atoms in total. The number of anilines is 1. The van der Waals surface area contributed by atoms with Gasteiger partial charge in [0, 0.05) is 6.54 Å². The maximum absolute atomic E-state index is 12.6. The summed E-state index contributed by atoms with van der Waals surface area (Å²) in [5.41, 5.74) is 0.914. The van der Waals surface area contributed by atoms with E-state index in [4.69, 9.17) is 0 Å². The Balaban J connectivity index is 1.69. The predicted molar refractivity (Wildman–Crippen MR) is 63.9 cm³/mol. The fourth-order valence-electron chi connectivity index (χ4n) is 2.38. The first kappa shape index (κ1) is 11.4. The molecular formula is C13H19FN2. The number of nitrogens with zero attached hydrogens (tertiary/aromatic N) is 1. The molecule has 2 rings (SSSR count). The van der Waals surface area contributed by atoms with Gasteiger partial charge in [0.1, 0.15) is 0 Å². The van der Waals surface area contributed by atoms with Crippen LogP contribution in [0.5, 0.6) is 0 Å². The number of hydrogen-bond acceptors (Lipinski definition) is 2. The van der Waals surface area contributed by atoms with E-state index in [1.807, 2.05) is 0 Å². The molecule has 0 saturated heterocycles. The quantitative estimate of drug-likeness (QED) is 0.787. The van der Waals surface area contributed by atoms with Crippen molar-refractivity contribution in [3.8, 4) is 0 Å². The summed E-state index contributed by atoms with van der Waals surface area (Å²) in [6.07, 6.45) is 9.72. The van der Waals surface area contributed by atoms with Gasteiger partial charge in [-0.3, -0.25) is 0 Å². The zero-order valence-corrected chi connectivity index (χ0v) is 9.58. The topological polar surface area (TPSA) is 24.9 Å². The molecule has 0 aliphatic heterocycles. The maximum atomic E-state index is 12.6. The summed E-state index contributed by atoms with van der Waals surface area (Å²) in [4.78, 5) is 3.62. The highest BCUT2D eigenvalue weighted by Gasteiger charge is 2.12. The lowest BCUT2D eigenvalue weighted by atomic mass is 9.87. The fourth-order valence-corrected chi connectivity index (χ4v) is 2.38. The van der Waals surface area contributed by atoms with E-state index < -0.39 is 5.95 Å². The zero-order chi connectivity index (χ0) is 11.2. The number of nitrogens with one attached hydrogen (secondary N) is 1.